The van der Waals surface area contributed by atoms with Gasteiger partial charge in [-0.2, -0.15) is 0 Å². The molecular formula is C15H22N3O2S+. The van der Waals surface area contributed by atoms with E-state index in [1.54, 1.807) is 11.8 Å². The van der Waals surface area contributed by atoms with Crippen molar-refractivity contribution in [1.29, 1.82) is 0 Å². The van der Waals surface area contributed by atoms with E-state index in [-0.39, 0.29) is 5.91 Å². The maximum Gasteiger partial charge on any atom is 0.225 e. The Morgan fingerprint density at radius 3 is 2.81 bits per heavy atom. The molecule has 6 heteroatoms. The fraction of sp³-hybridized carbons (Fsp3) is 0.467. The summed E-state index contributed by atoms with van der Waals surface area (Å²) in [5.41, 5.74) is 0.836. The van der Waals surface area contributed by atoms with E-state index in [1.807, 2.05) is 25.1 Å². The number of likely N-dealkylation sites (N-methyl/N-ethyl adjacent to an activating group) is 1. The van der Waals surface area contributed by atoms with Crippen LogP contribution in [0.3, 0.4) is 0 Å². The first-order valence-electron chi connectivity index (χ1n) is 7.12. The molecule has 0 radical (unpaired) electrons. The summed E-state index contributed by atoms with van der Waals surface area (Å²) >= 11 is 1.53. The van der Waals surface area contributed by atoms with Crippen LogP contribution in [-0.2, 0) is 4.79 Å². The summed E-state index contributed by atoms with van der Waals surface area (Å²) in [6.45, 7) is 5.69. The van der Waals surface area contributed by atoms with E-state index in [0.717, 1.165) is 27.6 Å². The van der Waals surface area contributed by atoms with Crippen molar-refractivity contribution in [2.45, 2.75) is 13.8 Å². The first-order valence-corrected chi connectivity index (χ1v) is 7.94. The van der Waals surface area contributed by atoms with E-state index in [4.69, 9.17) is 4.74 Å². The van der Waals surface area contributed by atoms with Crippen molar-refractivity contribution in [2.75, 3.05) is 38.7 Å². The summed E-state index contributed by atoms with van der Waals surface area (Å²) in [5, 5.41) is 0.742. The van der Waals surface area contributed by atoms with Crippen LogP contribution < -0.4 is 14.5 Å². The molecule has 1 aromatic carbocycles. The molecule has 0 fully saturated rings. The molecule has 1 N–H and O–H groups in total. The summed E-state index contributed by atoms with van der Waals surface area (Å²) in [6.07, 6.45) is 0. The Kier molecular flexibility index (Phi) is 5.14. The van der Waals surface area contributed by atoms with Gasteiger partial charge in [-0.15, -0.1) is 0 Å². The number of aromatic nitrogens is 1. The fourth-order valence-corrected chi connectivity index (χ4v) is 3.08. The fourth-order valence-electron chi connectivity index (χ4n) is 2.02. The standard InChI is InChI=1S/C15H21N3O2S/c1-5-20-12-7-6-8-13-14(12)16-15(21-13)18(11(2)19)10-9-17(3)4/h6-8H,5,9-10H2,1-4H3/p+1. The van der Waals surface area contributed by atoms with Crippen LogP contribution >= 0.6 is 11.3 Å². The van der Waals surface area contributed by atoms with E-state index < -0.39 is 0 Å². The molecule has 0 saturated carbocycles. The first kappa shape index (κ1) is 15.7. The number of carbonyl (C=O) groups excluding carboxylic acids is 1. The topological polar surface area (TPSA) is 46.9 Å². The molecule has 1 heterocycles. The Balaban J connectivity index is 2.35. The molecule has 0 spiro atoms. The van der Waals surface area contributed by atoms with Crippen molar-refractivity contribution < 1.29 is 14.4 Å². The predicted molar refractivity (Wildman–Crippen MR) is 86.5 cm³/mol. The van der Waals surface area contributed by atoms with Gasteiger partial charge in [0, 0.05) is 6.92 Å². The molecule has 0 unspecified atom stereocenters. The molecule has 0 saturated heterocycles. The molecule has 1 amide bonds. The van der Waals surface area contributed by atoms with Gasteiger partial charge in [-0.25, -0.2) is 4.98 Å². The smallest absolute Gasteiger partial charge is 0.225 e. The molecule has 2 aromatic rings. The number of rotatable bonds is 6. The molecule has 0 aliphatic rings. The molecule has 21 heavy (non-hydrogen) atoms. The van der Waals surface area contributed by atoms with Crippen molar-refractivity contribution in [1.82, 2.24) is 4.98 Å². The van der Waals surface area contributed by atoms with Crippen LogP contribution in [0.15, 0.2) is 18.2 Å². The number of hydrogen-bond acceptors (Lipinski definition) is 4. The Morgan fingerprint density at radius 2 is 2.19 bits per heavy atom. The number of anilines is 1. The van der Waals surface area contributed by atoms with Gasteiger partial charge in [-0.3, -0.25) is 9.69 Å². The second-order valence-corrected chi connectivity index (χ2v) is 6.17. The quantitative estimate of drug-likeness (QED) is 0.872. The van der Waals surface area contributed by atoms with Gasteiger partial charge in [0.05, 0.1) is 38.5 Å². The van der Waals surface area contributed by atoms with Gasteiger partial charge < -0.3 is 9.64 Å². The summed E-state index contributed by atoms with van der Waals surface area (Å²) in [4.78, 5) is 19.6. The molecule has 2 rings (SSSR count). The Labute approximate surface area is 129 Å². The maximum absolute atomic E-state index is 11.9. The number of nitrogens with zero attached hydrogens (tertiary/aromatic N) is 2. The monoisotopic (exact) mass is 308 g/mol. The number of para-hydroxylation sites is 1. The lowest BCUT2D eigenvalue weighted by Crippen LogP contribution is -3.06. The number of ether oxygens (including phenoxy) is 1. The third kappa shape index (κ3) is 3.71. The van der Waals surface area contributed by atoms with Crippen LogP contribution in [0.25, 0.3) is 10.2 Å². The van der Waals surface area contributed by atoms with Gasteiger partial charge in [0.15, 0.2) is 5.13 Å². The van der Waals surface area contributed by atoms with Gasteiger partial charge in [0.1, 0.15) is 11.3 Å². The number of nitrogens with one attached hydrogen (secondary N) is 1. The highest BCUT2D eigenvalue weighted by Crippen LogP contribution is 2.34. The number of amides is 1. The molecule has 1 aromatic heterocycles. The number of thiazole rings is 1. The molecule has 0 bridgehead atoms. The Hall–Kier alpha value is -1.66. The van der Waals surface area contributed by atoms with Crippen molar-refractivity contribution >= 4 is 32.6 Å². The molecule has 0 aliphatic carbocycles. The zero-order chi connectivity index (χ0) is 15.4. The van der Waals surface area contributed by atoms with E-state index in [9.17, 15) is 4.79 Å². The highest BCUT2D eigenvalue weighted by molar-refractivity contribution is 7.22. The lowest BCUT2D eigenvalue weighted by atomic mass is 10.3. The van der Waals surface area contributed by atoms with Gasteiger partial charge in [-0.1, -0.05) is 17.4 Å². The summed E-state index contributed by atoms with van der Waals surface area (Å²) in [7, 11) is 4.15. The summed E-state index contributed by atoms with van der Waals surface area (Å²) in [6, 6.07) is 5.88. The van der Waals surface area contributed by atoms with Crippen LogP contribution in [-0.4, -0.2) is 44.7 Å². The van der Waals surface area contributed by atoms with Gasteiger partial charge >= 0.3 is 0 Å². The molecule has 0 atom stereocenters. The van der Waals surface area contributed by atoms with Crippen LogP contribution in [0.5, 0.6) is 5.75 Å². The number of quaternary nitrogens is 1. The highest BCUT2D eigenvalue weighted by atomic mass is 32.1. The number of benzene rings is 1. The average molecular weight is 308 g/mol. The van der Waals surface area contributed by atoms with Crippen molar-refractivity contribution in [3.63, 3.8) is 0 Å². The molecule has 0 aliphatic heterocycles. The molecular weight excluding hydrogens is 286 g/mol. The third-order valence-corrected chi connectivity index (χ3v) is 4.16. The van der Waals surface area contributed by atoms with E-state index in [1.165, 1.54) is 16.2 Å². The highest BCUT2D eigenvalue weighted by Gasteiger charge is 2.18. The summed E-state index contributed by atoms with van der Waals surface area (Å²) < 4.78 is 6.65. The third-order valence-electron chi connectivity index (χ3n) is 3.12. The normalized spacial score (nSPS) is 11.1. The minimum atomic E-state index is 0.0215. The molecule has 114 valence electrons. The van der Waals surface area contributed by atoms with Crippen molar-refractivity contribution in [3.05, 3.63) is 18.2 Å². The zero-order valence-corrected chi connectivity index (χ0v) is 13.8. The van der Waals surface area contributed by atoms with E-state index in [0.29, 0.717) is 13.2 Å². The lowest BCUT2D eigenvalue weighted by Gasteiger charge is -2.18. The Morgan fingerprint density at radius 1 is 1.43 bits per heavy atom. The van der Waals surface area contributed by atoms with Gasteiger partial charge in [-0.05, 0) is 19.1 Å². The SMILES string of the molecule is CCOc1cccc2sc(N(CC[NH+](C)C)C(C)=O)nc12. The van der Waals surface area contributed by atoms with Crippen molar-refractivity contribution in [3.8, 4) is 5.75 Å². The van der Waals surface area contributed by atoms with Gasteiger partial charge in [0.2, 0.25) is 5.91 Å². The number of fused-ring (bicyclic) bond motifs is 1. The Bertz CT molecular complexity index is 624. The van der Waals surface area contributed by atoms with E-state index >= 15 is 0 Å². The predicted octanol–water partition coefficient (Wildman–Crippen LogP) is 1.19. The number of carbonyl (C=O) groups is 1. The average Bonchev–Trinajstić information content (AvgIpc) is 2.83. The van der Waals surface area contributed by atoms with Crippen LogP contribution in [0.4, 0.5) is 5.13 Å². The van der Waals surface area contributed by atoms with Crippen LogP contribution in [0.2, 0.25) is 0 Å². The summed E-state index contributed by atoms with van der Waals surface area (Å²) in [5.74, 6) is 0.799. The largest absolute Gasteiger partial charge is 0.492 e. The van der Waals surface area contributed by atoms with Crippen LogP contribution in [0, 0.1) is 0 Å². The second-order valence-electron chi connectivity index (χ2n) is 5.16. The first-order chi connectivity index (χ1) is 10.0. The molecule has 5 nitrogen and oxygen atoms in total. The van der Waals surface area contributed by atoms with E-state index in [2.05, 4.69) is 19.1 Å². The maximum atomic E-state index is 11.9. The number of hydrogen-bond donors (Lipinski definition) is 1. The zero-order valence-electron chi connectivity index (χ0n) is 13.0. The second kappa shape index (κ2) is 6.87. The minimum absolute atomic E-state index is 0.0215. The van der Waals surface area contributed by atoms with Gasteiger partial charge in [0.25, 0.3) is 0 Å². The minimum Gasteiger partial charge on any atom is -0.492 e. The lowest BCUT2D eigenvalue weighted by molar-refractivity contribution is -0.856. The van der Waals surface area contributed by atoms with Crippen LogP contribution in [0.1, 0.15) is 13.8 Å². The van der Waals surface area contributed by atoms with Crippen molar-refractivity contribution in [2.24, 2.45) is 0 Å².